The Bertz CT molecular complexity index is 1130. The number of carbonyl (C=O) groups excluding carboxylic acids is 1. The summed E-state index contributed by atoms with van der Waals surface area (Å²) in [5, 5.41) is 8.65. The van der Waals surface area contributed by atoms with Crippen molar-refractivity contribution in [1.29, 1.82) is 0 Å². The average Bonchev–Trinajstić information content (AvgIpc) is 2.87. The molecule has 0 saturated heterocycles. The van der Waals surface area contributed by atoms with Crippen LogP contribution in [0.4, 0.5) is 0 Å². The molecule has 0 aromatic heterocycles. The zero-order chi connectivity index (χ0) is 24.2. The SMILES string of the molecule is O=C(/C=C/c1cccc(S(=O)(=O)N(CCCc2ccccc2)CCCc2ccccc2)c1)NO. The van der Waals surface area contributed by atoms with Crippen molar-refractivity contribution in [2.75, 3.05) is 13.1 Å². The Morgan fingerprint density at radius 3 is 1.91 bits per heavy atom. The van der Waals surface area contributed by atoms with E-state index in [1.807, 2.05) is 60.7 Å². The van der Waals surface area contributed by atoms with Gasteiger partial charge >= 0.3 is 0 Å². The van der Waals surface area contributed by atoms with Crippen molar-refractivity contribution >= 4 is 22.0 Å². The van der Waals surface area contributed by atoms with E-state index in [9.17, 15) is 13.2 Å². The van der Waals surface area contributed by atoms with E-state index in [1.54, 1.807) is 22.5 Å². The minimum atomic E-state index is -3.73. The fourth-order valence-corrected chi connectivity index (χ4v) is 5.27. The van der Waals surface area contributed by atoms with Crippen molar-refractivity contribution in [3.8, 4) is 0 Å². The van der Waals surface area contributed by atoms with Gasteiger partial charge in [0.1, 0.15) is 0 Å². The zero-order valence-electron chi connectivity index (χ0n) is 19.0. The quantitative estimate of drug-likeness (QED) is 0.229. The lowest BCUT2D eigenvalue weighted by Gasteiger charge is -2.22. The first kappa shape index (κ1) is 25.4. The molecule has 0 spiro atoms. The van der Waals surface area contributed by atoms with Gasteiger partial charge in [0.25, 0.3) is 5.91 Å². The number of carbonyl (C=O) groups is 1. The van der Waals surface area contributed by atoms with Crippen LogP contribution in [-0.4, -0.2) is 36.9 Å². The highest BCUT2D eigenvalue weighted by molar-refractivity contribution is 7.89. The fraction of sp³-hybridized carbons (Fsp3) is 0.222. The lowest BCUT2D eigenvalue weighted by atomic mass is 10.1. The average molecular weight is 479 g/mol. The van der Waals surface area contributed by atoms with Gasteiger partial charge in [0.2, 0.25) is 10.0 Å². The summed E-state index contributed by atoms with van der Waals surface area (Å²) in [5.74, 6) is -0.684. The first-order valence-electron chi connectivity index (χ1n) is 11.3. The molecule has 3 aromatic rings. The van der Waals surface area contributed by atoms with Crippen molar-refractivity contribution in [2.24, 2.45) is 0 Å². The molecule has 0 aliphatic carbocycles. The molecule has 3 rings (SSSR count). The van der Waals surface area contributed by atoms with Gasteiger partial charge in [0, 0.05) is 19.2 Å². The lowest BCUT2D eigenvalue weighted by Crippen LogP contribution is -2.33. The molecule has 178 valence electrons. The Morgan fingerprint density at radius 2 is 1.38 bits per heavy atom. The summed E-state index contributed by atoms with van der Waals surface area (Å²) in [6, 6.07) is 26.5. The van der Waals surface area contributed by atoms with Crippen LogP contribution in [0.15, 0.2) is 95.9 Å². The number of hydrogen-bond donors (Lipinski definition) is 2. The smallest absolute Gasteiger partial charge is 0.267 e. The number of hydroxylamine groups is 1. The Labute approximate surface area is 201 Å². The standard InChI is InChI=1S/C27H30N2O4S/c30-27(28-31)19-18-25-14-7-17-26(22-25)34(32,33)29(20-8-15-23-10-3-1-4-11-23)21-9-16-24-12-5-2-6-13-24/h1-7,10-14,17-19,22,31H,8-9,15-16,20-21H2,(H,28,30)/b19-18+. The Morgan fingerprint density at radius 1 is 0.824 bits per heavy atom. The second-order valence-electron chi connectivity index (χ2n) is 7.96. The first-order valence-corrected chi connectivity index (χ1v) is 12.7. The second-order valence-corrected chi connectivity index (χ2v) is 9.90. The molecule has 2 N–H and O–H groups in total. The molecule has 0 aliphatic heterocycles. The Kier molecular flexibility index (Phi) is 9.58. The Hall–Kier alpha value is -3.26. The Balaban J connectivity index is 1.75. The lowest BCUT2D eigenvalue weighted by molar-refractivity contribution is -0.124. The van der Waals surface area contributed by atoms with Crippen molar-refractivity contribution in [3.63, 3.8) is 0 Å². The number of sulfonamides is 1. The summed E-state index contributed by atoms with van der Waals surface area (Å²) < 4.78 is 28.7. The number of amides is 1. The van der Waals surface area contributed by atoms with E-state index in [-0.39, 0.29) is 4.90 Å². The summed E-state index contributed by atoms with van der Waals surface area (Å²) in [5.41, 5.74) is 4.43. The highest BCUT2D eigenvalue weighted by atomic mass is 32.2. The molecule has 0 unspecified atom stereocenters. The molecule has 0 saturated carbocycles. The number of benzene rings is 3. The van der Waals surface area contributed by atoms with Gasteiger partial charge in [-0.2, -0.15) is 4.31 Å². The van der Waals surface area contributed by atoms with Crippen LogP contribution >= 0.6 is 0 Å². The summed E-state index contributed by atoms with van der Waals surface area (Å²) in [6.45, 7) is 0.831. The highest BCUT2D eigenvalue weighted by Crippen LogP contribution is 2.20. The van der Waals surface area contributed by atoms with Crippen LogP contribution in [-0.2, 0) is 27.7 Å². The first-order chi connectivity index (χ1) is 16.5. The van der Waals surface area contributed by atoms with Crippen LogP contribution < -0.4 is 5.48 Å². The third-order valence-corrected chi connectivity index (χ3v) is 7.36. The molecule has 0 bridgehead atoms. The molecular formula is C27H30N2O4S. The maximum Gasteiger partial charge on any atom is 0.267 e. The topological polar surface area (TPSA) is 86.7 Å². The number of hydrogen-bond acceptors (Lipinski definition) is 4. The second kappa shape index (κ2) is 12.8. The van der Waals surface area contributed by atoms with Crippen LogP contribution in [0.3, 0.4) is 0 Å². The molecule has 0 aliphatic rings. The molecule has 3 aromatic carbocycles. The summed E-state index contributed by atoms with van der Waals surface area (Å²) in [4.78, 5) is 11.5. The van der Waals surface area contributed by atoms with Crippen LogP contribution in [0.5, 0.6) is 0 Å². The minimum Gasteiger partial charge on any atom is -0.288 e. The zero-order valence-corrected chi connectivity index (χ0v) is 19.8. The maximum atomic E-state index is 13.5. The molecule has 0 radical (unpaired) electrons. The van der Waals surface area contributed by atoms with Gasteiger partial charge in [-0.25, -0.2) is 13.9 Å². The summed E-state index contributed by atoms with van der Waals surface area (Å²) >= 11 is 0. The van der Waals surface area contributed by atoms with E-state index in [0.29, 0.717) is 31.5 Å². The number of nitrogens with one attached hydrogen (secondary N) is 1. The molecule has 0 fully saturated rings. The highest BCUT2D eigenvalue weighted by Gasteiger charge is 2.24. The third-order valence-electron chi connectivity index (χ3n) is 5.46. The number of aryl methyl sites for hydroxylation is 2. The molecular weight excluding hydrogens is 448 g/mol. The number of nitrogens with zero attached hydrogens (tertiary/aromatic N) is 1. The third kappa shape index (κ3) is 7.66. The van der Waals surface area contributed by atoms with Gasteiger partial charge < -0.3 is 0 Å². The molecule has 1 amide bonds. The van der Waals surface area contributed by atoms with E-state index in [1.165, 1.54) is 28.7 Å². The van der Waals surface area contributed by atoms with Crippen molar-refractivity contribution < 1.29 is 18.4 Å². The van der Waals surface area contributed by atoms with Crippen molar-refractivity contribution in [1.82, 2.24) is 9.79 Å². The van der Waals surface area contributed by atoms with E-state index in [2.05, 4.69) is 0 Å². The van der Waals surface area contributed by atoms with E-state index in [0.717, 1.165) is 18.9 Å². The maximum absolute atomic E-state index is 13.5. The fourth-order valence-electron chi connectivity index (χ4n) is 3.70. The van der Waals surface area contributed by atoms with Crippen LogP contribution in [0.25, 0.3) is 6.08 Å². The van der Waals surface area contributed by atoms with Gasteiger partial charge in [-0.3, -0.25) is 10.0 Å². The number of rotatable bonds is 12. The largest absolute Gasteiger partial charge is 0.288 e. The van der Waals surface area contributed by atoms with Crippen molar-refractivity contribution in [2.45, 2.75) is 30.6 Å². The predicted octanol–water partition coefficient (Wildman–Crippen LogP) is 4.46. The van der Waals surface area contributed by atoms with Crippen LogP contribution in [0, 0.1) is 0 Å². The van der Waals surface area contributed by atoms with Crippen molar-refractivity contribution in [3.05, 3.63) is 108 Å². The summed E-state index contributed by atoms with van der Waals surface area (Å²) in [6.07, 6.45) is 5.62. The molecule has 0 atom stereocenters. The van der Waals surface area contributed by atoms with Gasteiger partial charge in [0.05, 0.1) is 4.90 Å². The predicted molar refractivity (Wildman–Crippen MR) is 134 cm³/mol. The normalized spacial score (nSPS) is 11.7. The van der Waals surface area contributed by atoms with E-state index >= 15 is 0 Å². The van der Waals surface area contributed by atoms with E-state index < -0.39 is 15.9 Å². The van der Waals surface area contributed by atoms with E-state index in [4.69, 9.17) is 5.21 Å². The van der Waals surface area contributed by atoms with Crippen LogP contribution in [0.1, 0.15) is 29.5 Å². The van der Waals surface area contributed by atoms with Gasteiger partial charge in [-0.15, -0.1) is 0 Å². The molecule has 34 heavy (non-hydrogen) atoms. The monoisotopic (exact) mass is 478 g/mol. The minimum absolute atomic E-state index is 0.179. The van der Waals surface area contributed by atoms with Crippen LogP contribution in [0.2, 0.25) is 0 Å². The molecule has 6 nitrogen and oxygen atoms in total. The molecule has 7 heteroatoms. The van der Waals surface area contributed by atoms with Gasteiger partial charge in [0.15, 0.2) is 0 Å². The molecule has 0 heterocycles. The van der Waals surface area contributed by atoms with Gasteiger partial charge in [-0.05, 0) is 60.6 Å². The van der Waals surface area contributed by atoms with Gasteiger partial charge in [-0.1, -0.05) is 72.8 Å². The summed E-state index contributed by atoms with van der Waals surface area (Å²) in [7, 11) is -3.73.